The summed E-state index contributed by atoms with van der Waals surface area (Å²) in [5.74, 6) is 0.561. The van der Waals surface area contributed by atoms with Gasteiger partial charge in [-0.1, -0.05) is 18.2 Å². The van der Waals surface area contributed by atoms with Gasteiger partial charge in [0.2, 0.25) is 0 Å². The lowest BCUT2D eigenvalue weighted by Crippen LogP contribution is -2.44. The second kappa shape index (κ2) is 4.56. The number of nitrogens with zero attached hydrogens (tertiary/aromatic N) is 3. The van der Waals surface area contributed by atoms with Crippen LogP contribution in [0.5, 0.6) is 0 Å². The van der Waals surface area contributed by atoms with Crippen LogP contribution in [0.4, 0.5) is 0 Å². The number of piperidine rings is 1. The Balaban J connectivity index is 1.58. The van der Waals surface area contributed by atoms with Crippen molar-refractivity contribution >= 4 is 16.8 Å². The molecule has 5 nitrogen and oxygen atoms in total. The first kappa shape index (κ1) is 12.8. The molecule has 3 atom stereocenters. The highest BCUT2D eigenvalue weighted by molar-refractivity contribution is 6.04. The fourth-order valence-corrected chi connectivity index (χ4v) is 3.97. The first-order valence-corrected chi connectivity index (χ1v) is 7.56. The number of para-hydroxylation sites is 1. The van der Waals surface area contributed by atoms with Gasteiger partial charge in [-0.05, 0) is 31.9 Å². The minimum atomic E-state index is -0.0352. The summed E-state index contributed by atoms with van der Waals surface area (Å²) >= 11 is 0. The van der Waals surface area contributed by atoms with Crippen molar-refractivity contribution in [1.29, 1.82) is 0 Å². The smallest absolute Gasteiger partial charge is 0.272 e. The predicted molar refractivity (Wildman–Crippen MR) is 81.1 cm³/mol. The predicted octanol–water partition coefficient (Wildman–Crippen LogP) is 1.40. The summed E-state index contributed by atoms with van der Waals surface area (Å²) in [6.45, 7) is 1.10. The van der Waals surface area contributed by atoms with E-state index in [2.05, 4.69) is 22.4 Å². The molecule has 2 fully saturated rings. The van der Waals surface area contributed by atoms with Crippen molar-refractivity contribution in [2.24, 2.45) is 13.0 Å². The van der Waals surface area contributed by atoms with E-state index in [1.807, 2.05) is 31.3 Å². The maximum Gasteiger partial charge on any atom is 0.272 e. The van der Waals surface area contributed by atoms with Crippen molar-refractivity contribution in [3.63, 3.8) is 0 Å². The lowest BCUT2D eigenvalue weighted by Gasteiger charge is -2.28. The zero-order valence-electron chi connectivity index (χ0n) is 12.4. The maximum absolute atomic E-state index is 12.6. The van der Waals surface area contributed by atoms with E-state index in [1.165, 1.54) is 6.42 Å². The Morgan fingerprint density at radius 2 is 2.10 bits per heavy atom. The number of carbonyl (C=O) groups excluding carboxylic acids is 1. The van der Waals surface area contributed by atoms with Crippen LogP contribution in [0.2, 0.25) is 0 Å². The normalized spacial score (nSPS) is 28.4. The number of hydrogen-bond donors (Lipinski definition) is 1. The van der Waals surface area contributed by atoms with E-state index in [1.54, 1.807) is 4.68 Å². The van der Waals surface area contributed by atoms with Gasteiger partial charge in [-0.15, -0.1) is 0 Å². The number of benzene rings is 1. The fourth-order valence-electron chi connectivity index (χ4n) is 3.97. The van der Waals surface area contributed by atoms with Gasteiger partial charge >= 0.3 is 0 Å². The molecular weight excluding hydrogens is 264 g/mol. The van der Waals surface area contributed by atoms with Crippen LogP contribution in [-0.2, 0) is 7.05 Å². The molecule has 2 heterocycles. The third kappa shape index (κ3) is 1.95. The molecule has 1 aromatic heterocycles. The quantitative estimate of drug-likeness (QED) is 0.907. The summed E-state index contributed by atoms with van der Waals surface area (Å²) in [5, 5.41) is 8.54. The molecule has 1 amide bonds. The second-order valence-electron chi connectivity index (χ2n) is 6.39. The molecule has 4 rings (SSSR count). The highest BCUT2D eigenvalue weighted by atomic mass is 16.2. The van der Waals surface area contributed by atoms with Crippen molar-refractivity contribution < 1.29 is 4.79 Å². The molecule has 0 unspecified atom stereocenters. The van der Waals surface area contributed by atoms with E-state index in [9.17, 15) is 4.79 Å². The zero-order chi connectivity index (χ0) is 14.6. The molecule has 2 aliphatic rings. The third-order valence-electron chi connectivity index (χ3n) is 5.11. The molecule has 1 N–H and O–H groups in total. The highest BCUT2D eigenvalue weighted by Gasteiger charge is 2.43. The minimum Gasteiger partial charge on any atom is -0.348 e. The summed E-state index contributed by atoms with van der Waals surface area (Å²) in [5.41, 5.74) is 1.54. The number of fused-ring (bicyclic) bond motifs is 3. The lowest BCUT2D eigenvalue weighted by atomic mass is 10.0. The number of carbonyl (C=O) groups is 1. The molecule has 1 saturated carbocycles. The van der Waals surface area contributed by atoms with Gasteiger partial charge in [0.15, 0.2) is 5.69 Å². The lowest BCUT2D eigenvalue weighted by molar-refractivity contribution is 0.0908. The van der Waals surface area contributed by atoms with Gasteiger partial charge in [-0.2, -0.15) is 5.10 Å². The number of rotatable bonds is 2. The van der Waals surface area contributed by atoms with Crippen LogP contribution in [0.3, 0.4) is 0 Å². The Hall–Kier alpha value is -1.88. The topological polar surface area (TPSA) is 50.2 Å². The van der Waals surface area contributed by atoms with Gasteiger partial charge in [0, 0.05) is 31.1 Å². The van der Waals surface area contributed by atoms with Crippen molar-refractivity contribution in [2.75, 3.05) is 13.6 Å². The molecule has 2 aromatic rings. The molecule has 1 aliphatic carbocycles. The van der Waals surface area contributed by atoms with Gasteiger partial charge in [0.1, 0.15) is 0 Å². The summed E-state index contributed by atoms with van der Waals surface area (Å²) in [7, 11) is 4.06. The van der Waals surface area contributed by atoms with E-state index in [0.717, 1.165) is 23.9 Å². The fraction of sp³-hybridized carbons (Fsp3) is 0.500. The molecule has 2 bridgehead atoms. The average molecular weight is 284 g/mol. The standard InChI is InChI=1S/C16H20N4O/c1-19-9-10-7-11(19)8-13(10)17-16(21)15-12-5-3-4-6-14(12)20(2)18-15/h3-6,10-11,13H,7-9H2,1-2H3,(H,17,21)/t10-,11-,13+/m1/s1. The molecule has 0 radical (unpaired) electrons. The van der Waals surface area contributed by atoms with Crippen molar-refractivity contribution in [2.45, 2.75) is 24.9 Å². The van der Waals surface area contributed by atoms with Gasteiger partial charge in [-0.25, -0.2) is 0 Å². The maximum atomic E-state index is 12.6. The number of amides is 1. The molecule has 21 heavy (non-hydrogen) atoms. The zero-order valence-corrected chi connectivity index (χ0v) is 12.4. The van der Waals surface area contributed by atoms with Gasteiger partial charge in [-0.3, -0.25) is 9.48 Å². The van der Waals surface area contributed by atoms with E-state index in [0.29, 0.717) is 23.7 Å². The summed E-state index contributed by atoms with van der Waals surface area (Å²) in [6, 6.07) is 8.82. The minimum absolute atomic E-state index is 0.0352. The van der Waals surface area contributed by atoms with Crippen LogP contribution in [-0.4, -0.2) is 46.3 Å². The third-order valence-corrected chi connectivity index (χ3v) is 5.11. The Morgan fingerprint density at radius 1 is 1.29 bits per heavy atom. The molecule has 110 valence electrons. The second-order valence-corrected chi connectivity index (χ2v) is 6.39. The van der Waals surface area contributed by atoms with Gasteiger partial charge in [0.05, 0.1) is 5.52 Å². The van der Waals surface area contributed by atoms with Gasteiger partial charge in [0.25, 0.3) is 5.91 Å². The van der Waals surface area contributed by atoms with Crippen LogP contribution in [0.1, 0.15) is 23.3 Å². The van der Waals surface area contributed by atoms with Crippen LogP contribution >= 0.6 is 0 Å². The molecular formula is C16H20N4O. The molecule has 1 aliphatic heterocycles. The Bertz CT molecular complexity index is 705. The van der Waals surface area contributed by atoms with Crippen molar-refractivity contribution in [3.05, 3.63) is 30.0 Å². The van der Waals surface area contributed by atoms with Crippen LogP contribution in [0, 0.1) is 5.92 Å². The molecule has 0 spiro atoms. The molecule has 5 heteroatoms. The molecule has 1 saturated heterocycles. The SMILES string of the molecule is CN1C[C@H]2C[C@@H]1C[C@@H]2NC(=O)c1nn(C)c2ccccc12. The van der Waals surface area contributed by atoms with Crippen molar-refractivity contribution in [3.8, 4) is 0 Å². The van der Waals surface area contributed by atoms with Crippen LogP contribution in [0.15, 0.2) is 24.3 Å². The van der Waals surface area contributed by atoms with E-state index in [-0.39, 0.29) is 5.91 Å². The highest BCUT2D eigenvalue weighted by Crippen LogP contribution is 2.36. The monoisotopic (exact) mass is 284 g/mol. The van der Waals surface area contributed by atoms with Crippen LogP contribution in [0.25, 0.3) is 10.9 Å². The first-order chi connectivity index (χ1) is 10.1. The number of likely N-dealkylation sites (tertiary alicyclic amines) is 1. The van der Waals surface area contributed by atoms with E-state index >= 15 is 0 Å². The number of aromatic nitrogens is 2. The van der Waals surface area contributed by atoms with E-state index in [4.69, 9.17) is 0 Å². The largest absolute Gasteiger partial charge is 0.348 e. The average Bonchev–Trinajstić information content (AvgIpc) is 3.12. The summed E-state index contributed by atoms with van der Waals surface area (Å²) in [4.78, 5) is 15.0. The van der Waals surface area contributed by atoms with Gasteiger partial charge < -0.3 is 10.2 Å². The Labute approximate surface area is 123 Å². The Morgan fingerprint density at radius 3 is 2.81 bits per heavy atom. The Kier molecular flexibility index (Phi) is 2.79. The summed E-state index contributed by atoms with van der Waals surface area (Å²) in [6.07, 6.45) is 2.28. The van der Waals surface area contributed by atoms with Crippen molar-refractivity contribution in [1.82, 2.24) is 20.0 Å². The first-order valence-electron chi connectivity index (χ1n) is 7.56. The number of aryl methyl sites for hydroxylation is 1. The number of nitrogens with one attached hydrogen (secondary N) is 1. The molecule has 1 aromatic carbocycles. The summed E-state index contributed by atoms with van der Waals surface area (Å²) < 4.78 is 1.78. The van der Waals surface area contributed by atoms with Crippen LogP contribution < -0.4 is 5.32 Å². The number of hydrogen-bond acceptors (Lipinski definition) is 3. The van der Waals surface area contributed by atoms with E-state index < -0.39 is 0 Å².